The molecular formula is C66H66Cl4F4N4. The van der Waals surface area contributed by atoms with Gasteiger partial charge in [0, 0.05) is 33.6 Å². The van der Waals surface area contributed by atoms with Crippen LogP contribution in [-0.4, -0.2) is 19.9 Å². The maximum atomic E-state index is 18.7. The molecule has 5 atom stereocenters. The maximum absolute atomic E-state index is 18.7. The van der Waals surface area contributed by atoms with Gasteiger partial charge < -0.3 is 0 Å². The molecule has 4 heterocycles. The number of aromatic nitrogens is 4. The number of hydrogen-bond acceptors (Lipinski definition) is 4. The standard InChI is InChI=1S/C66H66Cl4F4N4/c1-5-9-11-14-45-21-29-49(30-22-45)61(53(46-23-15-42(8-4)16-24-46)39-50-31-35-57(67)75-62(50)71)66(54-34-38-60(70)78-65(54)74,55(40-51-32-36-58(68)76-63(51)72)47-25-17-43(12-7-3)18-26-47)56(41-52-33-37-59(69)77-64(52)73)48-27-19-44(20-28-48)13-10-6-2/h15-38,53,55-56,61H,5-14,39-41H2,1-4H3. The van der Waals surface area contributed by atoms with E-state index in [-0.39, 0.29) is 62.1 Å². The molecule has 0 fully saturated rings. The van der Waals surface area contributed by atoms with Crippen molar-refractivity contribution in [3.05, 3.63) is 257 Å². The third kappa shape index (κ3) is 13.8. The Kier molecular flexibility index (Phi) is 20.6. The summed E-state index contributed by atoms with van der Waals surface area (Å²) in [5.41, 5.74) is 6.56. The molecule has 8 aromatic rings. The number of nitrogens with zero attached hydrogens (tertiary/aromatic N) is 4. The second-order valence-corrected chi connectivity index (χ2v) is 22.1. The Bertz CT molecular complexity index is 3230. The van der Waals surface area contributed by atoms with E-state index in [4.69, 9.17) is 46.4 Å². The minimum Gasteiger partial charge on any atom is -0.208 e. The molecule has 0 saturated carbocycles. The average molecular weight is 1130 g/mol. The number of rotatable bonds is 25. The molecule has 0 bridgehead atoms. The van der Waals surface area contributed by atoms with Crippen LogP contribution in [0.3, 0.4) is 0 Å². The van der Waals surface area contributed by atoms with Crippen molar-refractivity contribution in [3.63, 3.8) is 0 Å². The zero-order chi connectivity index (χ0) is 55.3. The van der Waals surface area contributed by atoms with Gasteiger partial charge in [-0.3, -0.25) is 0 Å². The predicted octanol–water partition coefficient (Wildman–Crippen LogP) is 19.1. The van der Waals surface area contributed by atoms with Crippen LogP contribution in [0.1, 0.15) is 157 Å². The molecule has 0 amide bonds. The zero-order valence-corrected chi connectivity index (χ0v) is 47.7. The molecule has 0 spiro atoms. The number of unbranched alkanes of at least 4 members (excludes halogenated alkanes) is 3. The molecule has 78 heavy (non-hydrogen) atoms. The molecule has 0 N–H and O–H groups in total. The quantitative estimate of drug-likeness (QED) is 0.0325. The Hall–Kier alpha value is -5.64. The summed E-state index contributed by atoms with van der Waals surface area (Å²) < 4.78 is 69.7. The summed E-state index contributed by atoms with van der Waals surface area (Å²) >= 11 is 26.0. The first kappa shape index (κ1) is 58.5. The first-order valence-electron chi connectivity index (χ1n) is 27.4. The monoisotopic (exact) mass is 1130 g/mol. The van der Waals surface area contributed by atoms with Gasteiger partial charge in [-0.2, -0.15) is 17.6 Å². The van der Waals surface area contributed by atoms with Gasteiger partial charge in [-0.25, -0.2) is 19.9 Å². The summed E-state index contributed by atoms with van der Waals surface area (Å²) in [5.74, 6) is -6.69. The first-order chi connectivity index (χ1) is 37.7. The SMILES string of the molecule is CCCCCc1ccc(C(C(Cc2ccc(Cl)nc2F)c2ccc(CC)cc2)C(c2ccc(Cl)nc2F)(C(Cc2ccc(Cl)nc2F)c2ccc(CCC)cc2)C(Cc2ccc(Cl)nc2F)c2ccc(CCCC)cc2)cc1. The number of aryl methyl sites for hydroxylation is 4. The van der Waals surface area contributed by atoms with Crippen molar-refractivity contribution in [2.24, 2.45) is 0 Å². The van der Waals surface area contributed by atoms with Crippen LogP contribution < -0.4 is 0 Å². The van der Waals surface area contributed by atoms with E-state index in [1.807, 2.05) is 12.1 Å². The smallest absolute Gasteiger partial charge is 0.208 e. The first-order valence-corrected chi connectivity index (χ1v) is 28.9. The van der Waals surface area contributed by atoms with Crippen molar-refractivity contribution in [2.75, 3.05) is 0 Å². The Labute approximate surface area is 478 Å². The fourth-order valence-electron chi connectivity index (χ4n) is 11.8. The van der Waals surface area contributed by atoms with Crippen molar-refractivity contribution < 1.29 is 17.6 Å². The largest absolute Gasteiger partial charge is 0.218 e. The Balaban J connectivity index is 1.63. The third-order valence-electron chi connectivity index (χ3n) is 15.7. The molecule has 8 rings (SSSR count). The molecule has 5 unspecified atom stereocenters. The molecule has 12 heteroatoms. The van der Waals surface area contributed by atoms with E-state index in [0.717, 1.165) is 109 Å². The van der Waals surface area contributed by atoms with Crippen LogP contribution in [0.4, 0.5) is 17.6 Å². The number of benzene rings is 4. The van der Waals surface area contributed by atoms with Crippen molar-refractivity contribution in [1.29, 1.82) is 0 Å². The minimum atomic E-state index is -1.69. The van der Waals surface area contributed by atoms with Crippen molar-refractivity contribution in [2.45, 2.75) is 140 Å². The summed E-state index contributed by atoms with van der Waals surface area (Å²) in [5, 5.41) is -0.162. The van der Waals surface area contributed by atoms with Crippen molar-refractivity contribution in [3.8, 4) is 0 Å². The molecule has 0 aliphatic rings. The highest BCUT2D eigenvalue weighted by Gasteiger charge is 2.57. The Morgan fingerprint density at radius 2 is 0.756 bits per heavy atom. The second-order valence-electron chi connectivity index (χ2n) is 20.6. The summed E-state index contributed by atoms with van der Waals surface area (Å²) in [6.45, 7) is 8.51. The van der Waals surface area contributed by atoms with E-state index < -0.39 is 52.9 Å². The minimum absolute atomic E-state index is 0.00907. The Morgan fingerprint density at radius 1 is 0.372 bits per heavy atom. The van der Waals surface area contributed by atoms with Gasteiger partial charge in [0.25, 0.3) is 0 Å². The Morgan fingerprint density at radius 3 is 1.18 bits per heavy atom. The van der Waals surface area contributed by atoms with Crippen LogP contribution in [0.25, 0.3) is 0 Å². The number of halogens is 8. The summed E-state index contributed by atoms with van der Waals surface area (Å²) in [6.07, 6.45) is 9.00. The molecule has 0 radical (unpaired) electrons. The van der Waals surface area contributed by atoms with Gasteiger partial charge in [-0.05, 0) is 144 Å². The van der Waals surface area contributed by atoms with Gasteiger partial charge in [0.15, 0.2) is 0 Å². The molecule has 0 aliphatic heterocycles. The van der Waals surface area contributed by atoms with Gasteiger partial charge in [-0.1, -0.05) is 221 Å². The predicted molar refractivity (Wildman–Crippen MR) is 312 cm³/mol. The average Bonchev–Trinajstić information content (AvgIpc) is 3.63. The fraction of sp³-hybridized carbons (Fsp3) is 0.333. The zero-order valence-electron chi connectivity index (χ0n) is 44.7. The highest BCUT2D eigenvalue weighted by Crippen LogP contribution is 2.64. The highest BCUT2D eigenvalue weighted by atomic mass is 35.5. The van der Waals surface area contributed by atoms with Crippen molar-refractivity contribution in [1.82, 2.24) is 19.9 Å². The van der Waals surface area contributed by atoms with Gasteiger partial charge in [0.1, 0.15) is 20.6 Å². The molecular weight excluding hydrogens is 1070 g/mol. The van der Waals surface area contributed by atoms with E-state index in [1.165, 1.54) is 0 Å². The lowest BCUT2D eigenvalue weighted by Gasteiger charge is -2.55. The van der Waals surface area contributed by atoms with E-state index in [9.17, 15) is 0 Å². The highest BCUT2D eigenvalue weighted by molar-refractivity contribution is 6.30. The van der Waals surface area contributed by atoms with Crippen LogP contribution in [0, 0.1) is 23.8 Å². The molecule has 0 saturated heterocycles. The van der Waals surface area contributed by atoms with Crippen LogP contribution >= 0.6 is 46.4 Å². The van der Waals surface area contributed by atoms with E-state index in [1.54, 1.807) is 48.5 Å². The topological polar surface area (TPSA) is 51.6 Å². The maximum Gasteiger partial charge on any atom is 0.218 e. The molecule has 0 aliphatic carbocycles. The lowest BCUT2D eigenvalue weighted by molar-refractivity contribution is 0.185. The van der Waals surface area contributed by atoms with E-state index in [2.05, 4.69) is 133 Å². The third-order valence-corrected chi connectivity index (χ3v) is 16.5. The van der Waals surface area contributed by atoms with Gasteiger partial charge in [0.05, 0.1) is 0 Å². The molecule has 4 nitrogen and oxygen atoms in total. The van der Waals surface area contributed by atoms with Gasteiger partial charge in [0.2, 0.25) is 23.8 Å². The van der Waals surface area contributed by atoms with Crippen LogP contribution in [-0.2, 0) is 50.4 Å². The van der Waals surface area contributed by atoms with Crippen LogP contribution in [0.2, 0.25) is 20.6 Å². The summed E-state index contributed by atoms with van der Waals surface area (Å²) in [6, 6.07) is 46.1. The van der Waals surface area contributed by atoms with E-state index in [0.29, 0.717) is 0 Å². The normalized spacial score (nSPS) is 13.9. The van der Waals surface area contributed by atoms with E-state index >= 15 is 17.6 Å². The number of hydrogen-bond donors (Lipinski definition) is 0. The second kappa shape index (κ2) is 27.5. The lowest BCUT2D eigenvalue weighted by Crippen LogP contribution is -2.50. The number of pyridine rings is 4. The lowest BCUT2D eigenvalue weighted by atomic mass is 9.47. The summed E-state index contributed by atoms with van der Waals surface area (Å²) in [4.78, 5) is 16.9. The molecule has 4 aromatic heterocycles. The molecule has 406 valence electrons. The van der Waals surface area contributed by atoms with Gasteiger partial charge in [-0.15, -0.1) is 0 Å². The fourth-order valence-corrected chi connectivity index (χ4v) is 12.3. The van der Waals surface area contributed by atoms with Crippen molar-refractivity contribution >= 4 is 46.4 Å². The van der Waals surface area contributed by atoms with Gasteiger partial charge >= 0.3 is 0 Å². The molecule has 4 aromatic carbocycles. The summed E-state index contributed by atoms with van der Waals surface area (Å²) in [7, 11) is 0. The van der Waals surface area contributed by atoms with Crippen LogP contribution in [0.5, 0.6) is 0 Å². The van der Waals surface area contributed by atoms with Crippen LogP contribution in [0.15, 0.2) is 146 Å².